The topological polar surface area (TPSA) is 72.5 Å². The molecule has 1 amide bonds. The van der Waals surface area contributed by atoms with Crippen molar-refractivity contribution in [3.05, 3.63) is 78.1 Å². The van der Waals surface area contributed by atoms with Crippen LogP contribution in [0.1, 0.15) is 15.9 Å². The minimum absolute atomic E-state index is 0.211. The molecule has 6 nitrogen and oxygen atoms in total. The molecule has 138 valence electrons. The van der Waals surface area contributed by atoms with E-state index in [4.69, 9.17) is 9.47 Å². The van der Waals surface area contributed by atoms with Gasteiger partial charge in [-0.15, -0.1) is 0 Å². The lowest BCUT2D eigenvalue weighted by molar-refractivity contribution is 0.0950. The van der Waals surface area contributed by atoms with Crippen LogP contribution in [0, 0.1) is 0 Å². The zero-order valence-electron chi connectivity index (χ0n) is 15.2. The molecule has 6 heteroatoms. The fourth-order valence-electron chi connectivity index (χ4n) is 2.66. The number of methoxy groups -OCH3 is 2. The van der Waals surface area contributed by atoms with E-state index in [0.29, 0.717) is 23.5 Å². The Hall–Kier alpha value is -3.54. The Balaban J connectivity index is 1.70. The van der Waals surface area contributed by atoms with Gasteiger partial charge in [-0.25, -0.2) is 0 Å². The first-order valence-corrected chi connectivity index (χ1v) is 8.46. The number of nitrogens with zero attached hydrogens (tertiary/aromatic N) is 1. The van der Waals surface area contributed by atoms with Crippen molar-refractivity contribution in [3.8, 4) is 11.5 Å². The summed E-state index contributed by atoms with van der Waals surface area (Å²) in [4.78, 5) is 16.7. The number of pyridine rings is 1. The summed E-state index contributed by atoms with van der Waals surface area (Å²) in [5.74, 6) is 1.24. The second-order valence-corrected chi connectivity index (χ2v) is 5.78. The molecule has 0 atom stereocenters. The zero-order valence-corrected chi connectivity index (χ0v) is 15.2. The first-order valence-electron chi connectivity index (χ1n) is 8.46. The highest BCUT2D eigenvalue weighted by molar-refractivity contribution is 5.94. The van der Waals surface area contributed by atoms with Crippen molar-refractivity contribution >= 4 is 17.3 Å². The molecule has 3 aromatic rings. The van der Waals surface area contributed by atoms with Crippen LogP contribution in [0.5, 0.6) is 11.5 Å². The Kier molecular flexibility index (Phi) is 5.89. The molecule has 27 heavy (non-hydrogen) atoms. The molecule has 1 aromatic heterocycles. The molecule has 3 rings (SSSR count). The smallest absolute Gasteiger partial charge is 0.253 e. The first kappa shape index (κ1) is 18.3. The summed E-state index contributed by atoms with van der Waals surface area (Å²) in [6.07, 6.45) is 3.19. The van der Waals surface area contributed by atoms with E-state index in [1.54, 1.807) is 26.5 Å². The standard InChI is InChI=1S/C21H21N3O3/c1-26-19-9-5-3-7-15(19)13-23-21(25)16-11-17(14-22-12-16)24-18-8-4-6-10-20(18)27-2/h3-12,14,24H,13H2,1-2H3,(H,23,25). The average Bonchev–Trinajstić information content (AvgIpc) is 2.72. The van der Waals surface area contributed by atoms with Crippen molar-refractivity contribution in [3.63, 3.8) is 0 Å². The van der Waals surface area contributed by atoms with Crippen molar-refractivity contribution in [2.45, 2.75) is 6.54 Å². The molecular weight excluding hydrogens is 342 g/mol. The van der Waals surface area contributed by atoms with E-state index in [2.05, 4.69) is 15.6 Å². The van der Waals surface area contributed by atoms with Crippen LogP contribution < -0.4 is 20.1 Å². The molecule has 0 bridgehead atoms. The maximum absolute atomic E-state index is 12.5. The number of amides is 1. The molecule has 0 spiro atoms. The highest BCUT2D eigenvalue weighted by Gasteiger charge is 2.10. The summed E-state index contributed by atoms with van der Waals surface area (Å²) in [5.41, 5.74) is 2.87. The van der Waals surface area contributed by atoms with E-state index in [1.165, 1.54) is 6.20 Å². The van der Waals surface area contributed by atoms with E-state index in [1.807, 2.05) is 48.5 Å². The van der Waals surface area contributed by atoms with Crippen LogP contribution in [0.4, 0.5) is 11.4 Å². The number of aromatic nitrogens is 1. The molecule has 0 aliphatic rings. The fraction of sp³-hybridized carbons (Fsp3) is 0.143. The van der Waals surface area contributed by atoms with Gasteiger partial charge < -0.3 is 20.1 Å². The van der Waals surface area contributed by atoms with Gasteiger partial charge in [-0.1, -0.05) is 30.3 Å². The molecule has 0 fully saturated rings. The molecule has 2 N–H and O–H groups in total. The largest absolute Gasteiger partial charge is 0.496 e. The van der Waals surface area contributed by atoms with Gasteiger partial charge in [0.2, 0.25) is 0 Å². The van der Waals surface area contributed by atoms with Crippen LogP contribution in [0.25, 0.3) is 0 Å². The Labute approximate surface area is 158 Å². The van der Waals surface area contributed by atoms with Crippen molar-refractivity contribution in [2.75, 3.05) is 19.5 Å². The predicted molar refractivity (Wildman–Crippen MR) is 105 cm³/mol. The zero-order chi connectivity index (χ0) is 19.1. The van der Waals surface area contributed by atoms with Gasteiger partial charge in [-0.3, -0.25) is 9.78 Å². The SMILES string of the molecule is COc1ccccc1CNC(=O)c1cncc(Nc2ccccc2OC)c1. The Bertz CT molecular complexity index is 928. The monoisotopic (exact) mass is 363 g/mol. The third-order valence-corrected chi connectivity index (χ3v) is 4.02. The third-order valence-electron chi connectivity index (χ3n) is 4.02. The van der Waals surface area contributed by atoms with Crippen molar-refractivity contribution < 1.29 is 14.3 Å². The molecule has 0 radical (unpaired) electrons. The summed E-state index contributed by atoms with van der Waals surface area (Å²) >= 11 is 0. The van der Waals surface area contributed by atoms with E-state index >= 15 is 0 Å². The van der Waals surface area contributed by atoms with Gasteiger partial charge in [-0.2, -0.15) is 0 Å². The molecule has 1 heterocycles. The molecule has 0 saturated carbocycles. The minimum atomic E-state index is -0.211. The molecule has 0 saturated heterocycles. The number of rotatable bonds is 7. The van der Waals surface area contributed by atoms with Crippen LogP contribution in [0.2, 0.25) is 0 Å². The van der Waals surface area contributed by atoms with Crippen LogP contribution in [0.3, 0.4) is 0 Å². The Morgan fingerprint density at radius 1 is 0.963 bits per heavy atom. The van der Waals surface area contributed by atoms with Crippen molar-refractivity contribution in [2.24, 2.45) is 0 Å². The maximum atomic E-state index is 12.5. The Morgan fingerprint density at radius 3 is 2.44 bits per heavy atom. The minimum Gasteiger partial charge on any atom is -0.496 e. The second-order valence-electron chi connectivity index (χ2n) is 5.78. The molecule has 2 aromatic carbocycles. The quantitative estimate of drug-likeness (QED) is 0.668. The molecule has 0 unspecified atom stereocenters. The van der Waals surface area contributed by atoms with E-state index < -0.39 is 0 Å². The van der Waals surface area contributed by atoms with Gasteiger partial charge in [0.25, 0.3) is 5.91 Å². The summed E-state index contributed by atoms with van der Waals surface area (Å²) in [6.45, 7) is 0.368. The number of para-hydroxylation sites is 3. The van der Waals surface area contributed by atoms with Crippen molar-refractivity contribution in [1.82, 2.24) is 10.3 Å². The fourth-order valence-corrected chi connectivity index (χ4v) is 2.66. The Morgan fingerprint density at radius 2 is 1.67 bits per heavy atom. The maximum Gasteiger partial charge on any atom is 0.253 e. The van der Waals surface area contributed by atoms with Crippen molar-refractivity contribution in [1.29, 1.82) is 0 Å². The van der Waals surface area contributed by atoms with Crippen LogP contribution >= 0.6 is 0 Å². The lowest BCUT2D eigenvalue weighted by atomic mass is 10.2. The van der Waals surface area contributed by atoms with Gasteiger partial charge in [0.05, 0.1) is 37.4 Å². The lowest BCUT2D eigenvalue weighted by Gasteiger charge is -2.12. The van der Waals surface area contributed by atoms with E-state index in [-0.39, 0.29) is 5.91 Å². The number of hydrogen-bond donors (Lipinski definition) is 2. The summed E-state index contributed by atoms with van der Waals surface area (Å²) in [5, 5.41) is 6.12. The first-order chi connectivity index (χ1) is 13.2. The number of ether oxygens (including phenoxy) is 2. The summed E-state index contributed by atoms with van der Waals surface area (Å²) in [6, 6.07) is 16.9. The van der Waals surface area contributed by atoms with Crippen LogP contribution in [-0.4, -0.2) is 25.1 Å². The summed E-state index contributed by atoms with van der Waals surface area (Å²) < 4.78 is 10.6. The summed E-state index contributed by atoms with van der Waals surface area (Å²) in [7, 11) is 3.22. The third kappa shape index (κ3) is 4.55. The van der Waals surface area contributed by atoms with Gasteiger partial charge >= 0.3 is 0 Å². The molecule has 0 aliphatic carbocycles. The molecule has 0 aliphatic heterocycles. The number of nitrogens with one attached hydrogen (secondary N) is 2. The number of anilines is 2. The average molecular weight is 363 g/mol. The second kappa shape index (κ2) is 8.71. The van der Waals surface area contributed by atoms with Gasteiger partial charge in [-0.05, 0) is 24.3 Å². The normalized spacial score (nSPS) is 10.1. The van der Waals surface area contributed by atoms with Crippen LogP contribution in [0.15, 0.2) is 67.0 Å². The number of benzene rings is 2. The number of carbonyl (C=O) groups is 1. The van der Waals surface area contributed by atoms with Gasteiger partial charge in [0.15, 0.2) is 0 Å². The lowest BCUT2D eigenvalue weighted by Crippen LogP contribution is -2.23. The van der Waals surface area contributed by atoms with Gasteiger partial charge in [0, 0.05) is 18.3 Å². The predicted octanol–water partition coefficient (Wildman–Crippen LogP) is 3.77. The highest BCUT2D eigenvalue weighted by atomic mass is 16.5. The van der Waals surface area contributed by atoms with E-state index in [9.17, 15) is 4.79 Å². The van der Waals surface area contributed by atoms with E-state index in [0.717, 1.165) is 17.0 Å². The highest BCUT2D eigenvalue weighted by Crippen LogP contribution is 2.27. The number of hydrogen-bond acceptors (Lipinski definition) is 5. The molecular formula is C21H21N3O3. The number of carbonyl (C=O) groups excluding carboxylic acids is 1. The van der Waals surface area contributed by atoms with Crippen LogP contribution in [-0.2, 0) is 6.54 Å². The van der Waals surface area contributed by atoms with Gasteiger partial charge in [0.1, 0.15) is 11.5 Å².